The maximum absolute atomic E-state index is 6.62. The first-order valence-corrected chi connectivity index (χ1v) is 7.99. The first-order chi connectivity index (χ1) is 8.23. The molecule has 17 heavy (non-hydrogen) atoms. The highest BCUT2D eigenvalue weighted by Gasteiger charge is 2.54. The van der Waals surface area contributed by atoms with Gasteiger partial charge in [-0.2, -0.15) is 0 Å². The van der Waals surface area contributed by atoms with Gasteiger partial charge in [-0.1, -0.05) is 32.6 Å². The maximum atomic E-state index is 6.62. The lowest BCUT2D eigenvalue weighted by Crippen LogP contribution is -2.59. The van der Waals surface area contributed by atoms with Crippen LogP contribution in [0.1, 0.15) is 71.1 Å². The van der Waals surface area contributed by atoms with Crippen molar-refractivity contribution in [2.24, 2.45) is 28.9 Å². The van der Waals surface area contributed by atoms with Crippen molar-refractivity contribution in [1.29, 1.82) is 0 Å². The summed E-state index contributed by atoms with van der Waals surface area (Å²) in [5.74, 6) is 3.00. The van der Waals surface area contributed by atoms with Gasteiger partial charge in [-0.05, 0) is 61.7 Å². The van der Waals surface area contributed by atoms with Crippen LogP contribution in [0.25, 0.3) is 0 Å². The molecule has 4 bridgehead atoms. The molecule has 0 aliphatic heterocycles. The summed E-state index contributed by atoms with van der Waals surface area (Å²) in [5, 5.41) is 0. The summed E-state index contributed by atoms with van der Waals surface area (Å²) in [6.07, 6.45) is 14.5. The van der Waals surface area contributed by atoms with E-state index >= 15 is 0 Å². The second-order valence-electron chi connectivity index (χ2n) is 7.31. The van der Waals surface area contributed by atoms with Crippen molar-refractivity contribution >= 4 is 0 Å². The summed E-state index contributed by atoms with van der Waals surface area (Å²) in [5.41, 5.74) is 7.20. The van der Waals surface area contributed by atoms with Crippen molar-refractivity contribution < 1.29 is 0 Å². The van der Waals surface area contributed by atoms with Crippen LogP contribution < -0.4 is 5.73 Å². The lowest BCUT2D eigenvalue weighted by atomic mass is 9.46. The summed E-state index contributed by atoms with van der Waals surface area (Å²) in [7, 11) is 0. The third kappa shape index (κ3) is 2.05. The van der Waals surface area contributed by atoms with E-state index in [0.717, 1.165) is 17.8 Å². The Bertz CT molecular complexity index is 259. The molecule has 4 saturated carbocycles. The van der Waals surface area contributed by atoms with Crippen molar-refractivity contribution in [3.05, 3.63) is 0 Å². The molecule has 0 amide bonds. The van der Waals surface area contributed by atoms with Crippen LogP contribution >= 0.6 is 0 Å². The molecule has 0 aromatic carbocycles. The van der Waals surface area contributed by atoms with Crippen molar-refractivity contribution in [3.63, 3.8) is 0 Å². The molecule has 4 aliphatic rings. The maximum Gasteiger partial charge on any atom is 0.0124 e. The van der Waals surface area contributed by atoms with E-state index in [1.54, 1.807) is 6.42 Å². The largest absolute Gasteiger partial charge is 0.327 e. The van der Waals surface area contributed by atoms with Gasteiger partial charge in [0.1, 0.15) is 0 Å². The number of hydrogen-bond acceptors (Lipinski definition) is 1. The van der Waals surface area contributed by atoms with Crippen molar-refractivity contribution in [2.45, 2.75) is 77.2 Å². The highest BCUT2D eigenvalue weighted by Crippen LogP contribution is 2.61. The number of rotatable bonds is 5. The van der Waals surface area contributed by atoms with Gasteiger partial charge in [-0.3, -0.25) is 0 Å². The Morgan fingerprint density at radius 3 is 2.35 bits per heavy atom. The molecule has 3 unspecified atom stereocenters. The SMILES string of the molecule is CCCCCCC12C[C@@H]3CC(C[C@@H](C3)C1)C2N. The summed E-state index contributed by atoms with van der Waals surface area (Å²) in [6.45, 7) is 2.30. The number of nitrogens with two attached hydrogens (primary N) is 1. The van der Waals surface area contributed by atoms with Gasteiger partial charge in [-0.25, -0.2) is 0 Å². The number of hydrogen-bond donors (Lipinski definition) is 1. The third-order valence-corrected chi connectivity index (χ3v) is 6.07. The zero-order valence-corrected chi connectivity index (χ0v) is 11.5. The van der Waals surface area contributed by atoms with Gasteiger partial charge >= 0.3 is 0 Å². The quantitative estimate of drug-likeness (QED) is 0.713. The van der Waals surface area contributed by atoms with Crippen LogP contribution in [0.5, 0.6) is 0 Å². The van der Waals surface area contributed by atoms with Crippen LogP contribution in [-0.4, -0.2) is 6.04 Å². The number of unbranched alkanes of at least 4 members (excludes halogenated alkanes) is 3. The first kappa shape index (κ1) is 12.0. The van der Waals surface area contributed by atoms with E-state index < -0.39 is 0 Å². The molecule has 1 nitrogen and oxygen atoms in total. The minimum atomic E-state index is 0.553. The molecule has 2 N–H and O–H groups in total. The zero-order chi connectivity index (χ0) is 11.9. The molecular formula is C16H29N. The fourth-order valence-corrected chi connectivity index (χ4v) is 5.52. The van der Waals surface area contributed by atoms with Crippen molar-refractivity contribution in [1.82, 2.24) is 0 Å². The summed E-state index contributed by atoms with van der Waals surface area (Å²) in [4.78, 5) is 0. The Hall–Kier alpha value is -0.0400. The Kier molecular flexibility index (Phi) is 3.23. The fourth-order valence-electron chi connectivity index (χ4n) is 5.52. The Morgan fingerprint density at radius 2 is 1.71 bits per heavy atom. The van der Waals surface area contributed by atoms with Gasteiger partial charge in [0.2, 0.25) is 0 Å². The molecule has 1 heteroatoms. The predicted molar refractivity (Wildman–Crippen MR) is 72.7 cm³/mol. The van der Waals surface area contributed by atoms with E-state index in [-0.39, 0.29) is 0 Å². The van der Waals surface area contributed by atoms with Crippen LogP contribution in [0.15, 0.2) is 0 Å². The zero-order valence-electron chi connectivity index (χ0n) is 11.5. The topological polar surface area (TPSA) is 26.0 Å². The highest BCUT2D eigenvalue weighted by molar-refractivity contribution is 5.08. The van der Waals surface area contributed by atoms with E-state index in [1.165, 1.54) is 57.8 Å². The van der Waals surface area contributed by atoms with Crippen LogP contribution in [-0.2, 0) is 0 Å². The molecule has 0 aromatic heterocycles. The Labute approximate surface area is 107 Å². The molecule has 5 atom stereocenters. The van der Waals surface area contributed by atoms with Gasteiger partial charge in [-0.15, -0.1) is 0 Å². The second-order valence-corrected chi connectivity index (χ2v) is 7.31. The molecule has 0 aromatic rings. The Morgan fingerprint density at radius 1 is 1.00 bits per heavy atom. The highest BCUT2D eigenvalue weighted by atomic mass is 14.8. The second kappa shape index (κ2) is 4.57. The molecule has 0 spiro atoms. The van der Waals surface area contributed by atoms with Crippen molar-refractivity contribution in [3.8, 4) is 0 Å². The van der Waals surface area contributed by atoms with Gasteiger partial charge in [0.15, 0.2) is 0 Å². The van der Waals surface area contributed by atoms with E-state index in [0.29, 0.717) is 11.5 Å². The average molecular weight is 235 g/mol. The van der Waals surface area contributed by atoms with Gasteiger partial charge in [0.05, 0.1) is 0 Å². The van der Waals surface area contributed by atoms with Crippen molar-refractivity contribution in [2.75, 3.05) is 0 Å². The van der Waals surface area contributed by atoms with Gasteiger partial charge in [0, 0.05) is 6.04 Å². The molecule has 0 radical (unpaired) electrons. The third-order valence-electron chi connectivity index (χ3n) is 6.07. The lowest BCUT2D eigenvalue weighted by molar-refractivity contribution is -0.0773. The molecule has 4 aliphatic carbocycles. The smallest absolute Gasteiger partial charge is 0.0124 e. The van der Waals surface area contributed by atoms with Crippen LogP contribution in [0.3, 0.4) is 0 Å². The van der Waals surface area contributed by atoms with Gasteiger partial charge < -0.3 is 5.73 Å². The monoisotopic (exact) mass is 235 g/mol. The molecule has 98 valence electrons. The van der Waals surface area contributed by atoms with Gasteiger partial charge in [0.25, 0.3) is 0 Å². The molecule has 4 fully saturated rings. The van der Waals surface area contributed by atoms with E-state index in [2.05, 4.69) is 6.92 Å². The van der Waals surface area contributed by atoms with Crippen LogP contribution in [0.2, 0.25) is 0 Å². The lowest BCUT2D eigenvalue weighted by Gasteiger charge is -2.60. The summed E-state index contributed by atoms with van der Waals surface area (Å²) < 4.78 is 0. The normalized spacial score (nSPS) is 47.6. The molecule has 4 rings (SSSR count). The molecule has 0 saturated heterocycles. The minimum absolute atomic E-state index is 0.553. The summed E-state index contributed by atoms with van der Waals surface area (Å²) >= 11 is 0. The van der Waals surface area contributed by atoms with E-state index in [9.17, 15) is 0 Å². The van der Waals surface area contributed by atoms with Crippen LogP contribution in [0, 0.1) is 23.2 Å². The standard InChI is InChI=1S/C16H29N/c1-2-3-4-5-6-16-10-12-7-13(11-16)9-14(8-12)15(16)17/h12-15H,2-11,17H2,1H3/t12-,13+,14?,15?,16?. The predicted octanol–water partition coefficient (Wildman–Crippen LogP) is 4.11. The molecule has 0 heterocycles. The molecular weight excluding hydrogens is 206 g/mol. The van der Waals surface area contributed by atoms with E-state index in [4.69, 9.17) is 5.73 Å². The Balaban J connectivity index is 1.64. The minimum Gasteiger partial charge on any atom is -0.327 e. The first-order valence-electron chi connectivity index (χ1n) is 7.99. The van der Waals surface area contributed by atoms with Crippen LogP contribution in [0.4, 0.5) is 0 Å². The average Bonchev–Trinajstić information content (AvgIpc) is 2.31. The summed E-state index contributed by atoms with van der Waals surface area (Å²) in [6, 6.07) is 0.553. The fraction of sp³-hybridized carbons (Fsp3) is 1.00. The van der Waals surface area contributed by atoms with E-state index in [1.807, 2.05) is 0 Å².